The third-order valence-electron chi connectivity index (χ3n) is 3.43. The molecule has 1 aliphatic heterocycles. The molecule has 6 heteroatoms. The van der Waals surface area contributed by atoms with Gasteiger partial charge in [-0.15, -0.1) is 0 Å². The molecule has 1 aromatic rings. The minimum atomic E-state index is -0.570. The number of nitrogens with zero attached hydrogens (tertiary/aromatic N) is 1. The van der Waals surface area contributed by atoms with Gasteiger partial charge in [0.1, 0.15) is 6.04 Å². The molecule has 1 aliphatic rings. The van der Waals surface area contributed by atoms with Crippen molar-refractivity contribution in [2.75, 3.05) is 18.8 Å². The van der Waals surface area contributed by atoms with Crippen LogP contribution in [0.4, 0.5) is 5.69 Å². The first kappa shape index (κ1) is 14.7. The molecule has 1 unspecified atom stereocenters. The Hall–Kier alpha value is -1.75. The first-order valence-corrected chi connectivity index (χ1v) is 7.02. The van der Waals surface area contributed by atoms with Crippen molar-refractivity contribution in [2.45, 2.75) is 25.8 Å². The summed E-state index contributed by atoms with van der Waals surface area (Å²) in [6.07, 6.45) is 2.04. The van der Waals surface area contributed by atoms with E-state index in [1.165, 1.54) is 0 Å². The molecule has 1 fully saturated rings. The minimum absolute atomic E-state index is 0.0588. The van der Waals surface area contributed by atoms with Crippen LogP contribution in [0.1, 0.15) is 30.1 Å². The van der Waals surface area contributed by atoms with Crippen molar-refractivity contribution in [2.24, 2.45) is 0 Å². The summed E-state index contributed by atoms with van der Waals surface area (Å²) in [6.45, 7) is 3.20. The fraction of sp³-hybridized carbons (Fsp3) is 0.429. The molecule has 1 heterocycles. The van der Waals surface area contributed by atoms with E-state index >= 15 is 0 Å². The van der Waals surface area contributed by atoms with Gasteiger partial charge in [-0.25, -0.2) is 0 Å². The normalized spacial score (nSPS) is 16.0. The van der Waals surface area contributed by atoms with Crippen molar-refractivity contribution in [1.82, 2.24) is 10.2 Å². The van der Waals surface area contributed by atoms with E-state index in [9.17, 15) is 9.59 Å². The zero-order chi connectivity index (χ0) is 14.7. The second kappa shape index (κ2) is 6.13. The molecule has 0 radical (unpaired) electrons. The van der Waals surface area contributed by atoms with E-state index in [1.807, 2.05) is 0 Å². The summed E-state index contributed by atoms with van der Waals surface area (Å²) >= 11 is 5.88. The van der Waals surface area contributed by atoms with Crippen LogP contribution in [0.3, 0.4) is 0 Å². The van der Waals surface area contributed by atoms with E-state index in [2.05, 4.69) is 5.32 Å². The van der Waals surface area contributed by atoms with Crippen LogP contribution in [-0.2, 0) is 4.79 Å². The molecule has 2 rings (SSSR count). The van der Waals surface area contributed by atoms with Crippen molar-refractivity contribution in [3.05, 3.63) is 28.8 Å². The molecule has 5 nitrogen and oxygen atoms in total. The summed E-state index contributed by atoms with van der Waals surface area (Å²) in [6, 6.07) is 4.29. The van der Waals surface area contributed by atoms with E-state index in [0.717, 1.165) is 25.9 Å². The minimum Gasteiger partial charge on any atom is -0.397 e. The average molecular weight is 296 g/mol. The van der Waals surface area contributed by atoms with E-state index in [0.29, 0.717) is 10.6 Å². The van der Waals surface area contributed by atoms with Gasteiger partial charge in [0.25, 0.3) is 5.91 Å². The predicted octanol–water partition coefficient (Wildman–Crippen LogP) is 1.66. The van der Waals surface area contributed by atoms with Crippen LogP contribution in [0.5, 0.6) is 0 Å². The summed E-state index contributed by atoms with van der Waals surface area (Å²) in [4.78, 5) is 26.0. The van der Waals surface area contributed by atoms with Crippen LogP contribution in [0.25, 0.3) is 0 Å². The Morgan fingerprint density at radius 3 is 2.65 bits per heavy atom. The van der Waals surface area contributed by atoms with Gasteiger partial charge in [0, 0.05) is 13.1 Å². The Labute approximate surface area is 123 Å². The molecule has 0 bridgehead atoms. The van der Waals surface area contributed by atoms with E-state index < -0.39 is 6.04 Å². The quantitative estimate of drug-likeness (QED) is 0.833. The second-order valence-electron chi connectivity index (χ2n) is 4.93. The average Bonchev–Trinajstić information content (AvgIpc) is 2.94. The number of likely N-dealkylation sites (tertiary alicyclic amines) is 1. The van der Waals surface area contributed by atoms with Crippen molar-refractivity contribution >= 4 is 29.1 Å². The first-order valence-electron chi connectivity index (χ1n) is 6.64. The zero-order valence-electron chi connectivity index (χ0n) is 11.4. The molecule has 2 amide bonds. The topological polar surface area (TPSA) is 75.4 Å². The Bertz CT molecular complexity index is 527. The molecular formula is C14H18ClN3O2. The lowest BCUT2D eigenvalue weighted by Gasteiger charge is -2.21. The third-order valence-corrected chi connectivity index (χ3v) is 3.76. The number of anilines is 1. The maximum atomic E-state index is 12.1. The highest BCUT2D eigenvalue weighted by molar-refractivity contribution is 6.34. The van der Waals surface area contributed by atoms with Crippen LogP contribution in [-0.4, -0.2) is 35.8 Å². The number of carbonyl (C=O) groups is 2. The van der Waals surface area contributed by atoms with Gasteiger partial charge in [-0.05, 0) is 31.9 Å². The molecule has 0 saturated carbocycles. The predicted molar refractivity (Wildman–Crippen MR) is 78.6 cm³/mol. The number of nitrogens with one attached hydrogen (secondary N) is 1. The molecule has 0 aromatic heterocycles. The Balaban J connectivity index is 2.03. The van der Waals surface area contributed by atoms with Gasteiger partial charge in [-0.1, -0.05) is 17.7 Å². The van der Waals surface area contributed by atoms with Gasteiger partial charge in [0.15, 0.2) is 0 Å². The molecule has 20 heavy (non-hydrogen) atoms. The van der Waals surface area contributed by atoms with Crippen molar-refractivity contribution in [1.29, 1.82) is 0 Å². The fourth-order valence-electron chi connectivity index (χ4n) is 2.28. The summed E-state index contributed by atoms with van der Waals surface area (Å²) in [5.74, 6) is -0.443. The number of halogens is 1. The monoisotopic (exact) mass is 295 g/mol. The third kappa shape index (κ3) is 3.04. The summed E-state index contributed by atoms with van der Waals surface area (Å²) in [5.41, 5.74) is 6.29. The number of nitrogens with two attached hydrogens (primary N) is 1. The molecule has 1 saturated heterocycles. The van der Waals surface area contributed by atoms with Crippen molar-refractivity contribution in [3.8, 4) is 0 Å². The number of rotatable bonds is 3. The van der Waals surface area contributed by atoms with Crippen LogP contribution < -0.4 is 11.1 Å². The van der Waals surface area contributed by atoms with Crippen molar-refractivity contribution in [3.63, 3.8) is 0 Å². The lowest BCUT2D eigenvalue weighted by atomic mass is 10.1. The maximum Gasteiger partial charge on any atom is 0.254 e. The fourth-order valence-corrected chi connectivity index (χ4v) is 2.46. The molecular weight excluding hydrogens is 278 g/mol. The highest BCUT2D eigenvalue weighted by atomic mass is 35.5. The van der Waals surface area contributed by atoms with Gasteiger partial charge in [-0.3, -0.25) is 9.59 Å². The molecule has 3 N–H and O–H groups in total. The Kier molecular flexibility index (Phi) is 4.49. The van der Waals surface area contributed by atoms with Gasteiger partial charge in [-0.2, -0.15) is 0 Å². The molecule has 108 valence electrons. The van der Waals surface area contributed by atoms with Crippen LogP contribution >= 0.6 is 11.6 Å². The number of benzene rings is 1. The zero-order valence-corrected chi connectivity index (χ0v) is 12.1. The SMILES string of the molecule is CC(NC(=O)c1cccc(Cl)c1N)C(=O)N1CCCC1. The summed E-state index contributed by atoms with van der Waals surface area (Å²) in [5, 5.41) is 3.00. The van der Waals surface area contributed by atoms with Gasteiger partial charge in [0.05, 0.1) is 16.3 Å². The highest BCUT2D eigenvalue weighted by Gasteiger charge is 2.25. The summed E-state index contributed by atoms with van der Waals surface area (Å²) < 4.78 is 0. The van der Waals surface area contributed by atoms with Gasteiger partial charge >= 0.3 is 0 Å². The molecule has 1 atom stereocenters. The van der Waals surface area contributed by atoms with Crippen LogP contribution in [0.2, 0.25) is 5.02 Å². The summed E-state index contributed by atoms with van der Waals surface area (Å²) in [7, 11) is 0. The molecule has 0 aliphatic carbocycles. The number of nitrogen functional groups attached to an aromatic ring is 1. The Morgan fingerprint density at radius 1 is 1.35 bits per heavy atom. The molecule has 0 spiro atoms. The maximum absolute atomic E-state index is 12.1. The number of carbonyl (C=O) groups excluding carboxylic acids is 2. The highest BCUT2D eigenvalue weighted by Crippen LogP contribution is 2.22. The van der Waals surface area contributed by atoms with E-state index in [4.69, 9.17) is 17.3 Å². The smallest absolute Gasteiger partial charge is 0.254 e. The van der Waals surface area contributed by atoms with Crippen LogP contribution in [0.15, 0.2) is 18.2 Å². The van der Waals surface area contributed by atoms with Crippen molar-refractivity contribution < 1.29 is 9.59 Å². The lowest BCUT2D eigenvalue weighted by molar-refractivity contribution is -0.131. The lowest BCUT2D eigenvalue weighted by Crippen LogP contribution is -2.46. The largest absolute Gasteiger partial charge is 0.397 e. The number of hydrogen-bond acceptors (Lipinski definition) is 3. The number of para-hydroxylation sites is 1. The Morgan fingerprint density at radius 2 is 2.00 bits per heavy atom. The molecule has 1 aromatic carbocycles. The second-order valence-corrected chi connectivity index (χ2v) is 5.34. The number of amides is 2. The van der Waals surface area contributed by atoms with E-state index in [1.54, 1.807) is 30.0 Å². The first-order chi connectivity index (χ1) is 9.50. The van der Waals surface area contributed by atoms with Crippen LogP contribution in [0, 0.1) is 0 Å². The van der Waals surface area contributed by atoms with Gasteiger partial charge < -0.3 is 16.0 Å². The van der Waals surface area contributed by atoms with Gasteiger partial charge in [0.2, 0.25) is 5.91 Å². The standard InChI is InChI=1S/C14H18ClN3O2/c1-9(14(20)18-7-2-3-8-18)17-13(19)10-5-4-6-11(15)12(10)16/h4-6,9H,2-3,7-8,16H2,1H3,(H,17,19). The van der Waals surface area contributed by atoms with E-state index in [-0.39, 0.29) is 17.5 Å². The number of hydrogen-bond donors (Lipinski definition) is 2.